The molecule has 33 heavy (non-hydrogen) atoms. The number of anilines is 1. The van der Waals surface area contributed by atoms with E-state index in [-0.39, 0.29) is 10.5 Å². The van der Waals surface area contributed by atoms with Crippen LogP contribution < -0.4 is 15.5 Å². The van der Waals surface area contributed by atoms with Crippen LogP contribution in [0.4, 0.5) is 18.3 Å². The van der Waals surface area contributed by atoms with E-state index in [1.54, 1.807) is 19.2 Å². The Balaban J connectivity index is 2.18. The van der Waals surface area contributed by atoms with E-state index in [0.29, 0.717) is 12.8 Å². The normalized spacial score (nSPS) is 12.1. The van der Waals surface area contributed by atoms with Gasteiger partial charge in [-0.1, -0.05) is 25.8 Å². The van der Waals surface area contributed by atoms with Gasteiger partial charge in [-0.05, 0) is 32.4 Å². The average Bonchev–Trinajstić information content (AvgIpc) is 3.24. The van der Waals surface area contributed by atoms with Gasteiger partial charge < -0.3 is 9.72 Å². The summed E-state index contributed by atoms with van der Waals surface area (Å²) in [6.07, 6.45) is -1.37. The summed E-state index contributed by atoms with van der Waals surface area (Å²) < 4.78 is 46.1. The Morgan fingerprint density at radius 3 is 2.58 bits per heavy atom. The highest BCUT2D eigenvalue weighted by atomic mass is 32.1. The molecule has 2 aromatic heterocycles. The van der Waals surface area contributed by atoms with Gasteiger partial charge in [-0.2, -0.15) is 13.2 Å². The van der Waals surface area contributed by atoms with E-state index in [0.717, 1.165) is 29.9 Å². The lowest BCUT2D eigenvalue weighted by atomic mass is 9.87. The first-order chi connectivity index (χ1) is 15.5. The van der Waals surface area contributed by atoms with Crippen LogP contribution >= 0.6 is 11.3 Å². The fourth-order valence-corrected chi connectivity index (χ4v) is 3.73. The summed E-state index contributed by atoms with van der Waals surface area (Å²) in [5.41, 5.74) is -4.30. The number of halogens is 3. The summed E-state index contributed by atoms with van der Waals surface area (Å²) in [4.78, 5) is 45.2. The number of aromatic amines is 1. The number of esters is 1. The first kappa shape index (κ1) is 24.4. The van der Waals surface area contributed by atoms with Crippen molar-refractivity contribution >= 4 is 39.2 Å². The van der Waals surface area contributed by atoms with Crippen LogP contribution in [-0.2, 0) is 11.0 Å². The number of alkyl halides is 3. The Kier molecular flexibility index (Phi) is 6.92. The number of benzene rings is 1. The van der Waals surface area contributed by atoms with Gasteiger partial charge in [0.1, 0.15) is 5.56 Å². The lowest BCUT2D eigenvalue weighted by Gasteiger charge is -2.23. The monoisotopic (exact) mass is 481 g/mol. The van der Waals surface area contributed by atoms with Crippen molar-refractivity contribution < 1.29 is 27.5 Å². The molecule has 2 N–H and O–H groups in total. The number of fused-ring (bicyclic) bond motifs is 1. The molecular formula is C22H22F3N3O4S. The van der Waals surface area contributed by atoms with Crippen LogP contribution in [0.15, 0.2) is 34.6 Å². The van der Waals surface area contributed by atoms with Gasteiger partial charge in [0.2, 0.25) is 11.3 Å². The number of para-hydroxylation sites is 1. The molecule has 2 heterocycles. The molecule has 176 valence electrons. The summed E-state index contributed by atoms with van der Waals surface area (Å²) in [6, 6.07) is 3.03. The molecule has 7 nitrogen and oxygen atoms in total. The van der Waals surface area contributed by atoms with Crippen LogP contribution in [0.2, 0.25) is 0 Å². The molecule has 0 aliphatic rings. The number of H-pyrrole nitrogens is 1. The first-order valence-electron chi connectivity index (χ1n) is 10.1. The number of hydrogen-bond acceptors (Lipinski definition) is 6. The lowest BCUT2D eigenvalue weighted by molar-refractivity contribution is -0.144. The summed E-state index contributed by atoms with van der Waals surface area (Å²) in [5, 5.41) is 3.81. The van der Waals surface area contributed by atoms with Crippen molar-refractivity contribution in [3.8, 4) is 5.88 Å². The number of pyridine rings is 1. The number of rotatable bonds is 7. The summed E-state index contributed by atoms with van der Waals surface area (Å²) in [5.74, 6) is -2.38. The van der Waals surface area contributed by atoms with Gasteiger partial charge in [0.05, 0.1) is 16.5 Å². The Morgan fingerprint density at radius 2 is 1.97 bits per heavy atom. The fraction of sp³-hybridized carbons (Fsp3) is 0.364. The number of unbranched alkanes of at least 4 members (excludes halogenated alkanes) is 1. The minimum Gasteiger partial charge on any atom is -0.408 e. The summed E-state index contributed by atoms with van der Waals surface area (Å²) >= 11 is 1.08. The maximum Gasteiger partial charge on any atom is 0.418 e. The maximum atomic E-state index is 13.6. The molecule has 0 radical (unpaired) electrons. The molecule has 11 heteroatoms. The van der Waals surface area contributed by atoms with Gasteiger partial charge >= 0.3 is 12.1 Å². The van der Waals surface area contributed by atoms with Crippen LogP contribution in [0.3, 0.4) is 0 Å². The van der Waals surface area contributed by atoms with E-state index in [1.165, 1.54) is 12.3 Å². The van der Waals surface area contributed by atoms with Gasteiger partial charge in [0, 0.05) is 17.0 Å². The van der Waals surface area contributed by atoms with Crippen molar-refractivity contribution in [1.29, 1.82) is 0 Å². The van der Waals surface area contributed by atoms with E-state index in [4.69, 9.17) is 4.74 Å². The van der Waals surface area contributed by atoms with Crippen molar-refractivity contribution in [1.82, 2.24) is 9.97 Å². The first-order valence-corrected chi connectivity index (χ1v) is 11.0. The second kappa shape index (κ2) is 9.34. The van der Waals surface area contributed by atoms with E-state index in [1.807, 2.05) is 6.92 Å². The molecule has 0 saturated carbocycles. The molecule has 3 aromatic rings. The molecule has 0 fully saturated rings. The van der Waals surface area contributed by atoms with Crippen LogP contribution in [0.1, 0.15) is 56.0 Å². The number of aromatic nitrogens is 2. The molecule has 1 aromatic carbocycles. The van der Waals surface area contributed by atoms with Crippen LogP contribution in [0, 0.1) is 5.41 Å². The zero-order chi connectivity index (χ0) is 24.4. The molecule has 0 unspecified atom stereocenters. The summed E-state index contributed by atoms with van der Waals surface area (Å²) in [7, 11) is 0. The van der Waals surface area contributed by atoms with Gasteiger partial charge in [-0.25, -0.2) is 4.98 Å². The second-order valence-electron chi connectivity index (χ2n) is 8.05. The second-order valence-corrected chi connectivity index (χ2v) is 8.95. The molecule has 0 bridgehead atoms. The smallest absolute Gasteiger partial charge is 0.408 e. The number of hydrogen-bond donors (Lipinski definition) is 2. The number of carbonyl (C=O) groups is 2. The average molecular weight is 481 g/mol. The molecule has 3 rings (SSSR count). The van der Waals surface area contributed by atoms with E-state index in [2.05, 4.69) is 15.3 Å². The largest absolute Gasteiger partial charge is 0.418 e. The Labute approximate surface area is 191 Å². The quantitative estimate of drug-likeness (QED) is 0.442. The summed E-state index contributed by atoms with van der Waals surface area (Å²) in [6.45, 7) is 5.20. The zero-order valence-electron chi connectivity index (χ0n) is 18.1. The molecule has 0 aliphatic heterocycles. The van der Waals surface area contributed by atoms with Crippen LogP contribution in [0.5, 0.6) is 5.88 Å². The topological polar surface area (TPSA) is 101 Å². The number of amides is 1. The van der Waals surface area contributed by atoms with Crippen molar-refractivity contribution in [3.05, 3.63) is 51.1 Å². The SMILES string of the molecule is CCCCC(C)(C)C(=O)Oc1[nH]c2c(C(F)(F)F)cccc2c(=O)c1C(=O)Nc1nccs1. The minimum atomic E-state index is -4.78. The Bertz CT molecular complexity index is 1230. The predicted molar refractivity (Wildman–Crippen MR) is 119 cm³/mol. The van der Waals surface area contributed by atoms with Crippen molar-refractivity contribution in [3.63, 3.8) is 0 Å². The van der Waals surface area contributed by atoms with Crippen molar-refractivity contribution in [2.45, 2.75) is 46.2 Å². The van der Waals surface area contributed by atoms with E-state index < -0.39 is 51.4 Å². The molecule has 0 spiro atoms. The van der Waals surface area contributed by atoms with E-state index in [9.17, 15) is 27.6 Å². The molecule has 0 atom stereocenters. The maximum absolute atomic E-state index is 13.6. The van der Waals surface area contributed by atoms with Crippen LogP contribution in [0.25, 0.3) is 10.9 Å². The van der Waals surface area contributed by atoms with Gasteiger partial charge in [-0.15, -0.1) is 11.3 Å². The molecular weight excluding hydrogens is 459 g/mol. The van der Waals surface area contributed by atoms with Gasteiger partial charge in [0.25, 0.3) is 5.91 Å². The highest BCUT2D eigenvalue weighted by Crippen LogP contribution is 2.35. The molecule has 0 aliphatic carbocycles. The highest BCUT2D eigenvalue weighted by Gasteiger charge is 2.36. The predicted octanol–water partition coefficient (Wildman–Crippen LogP) is 5.38. The highest BCUT2D eigenvalue weighted by molar-refractivity contribution is 7.13. The number of carbonyl (C=O) groups excluding carboxylic acids is 2. The third kappa shape index (κ3) is 5.24. The Hall–Kier alpha value is -3.21. The number of nitrogens with zero attached hydrogens (tertiary/aromatic N) is 1. The zero-order valence-corrected chi connectivity index (χ0v) is 18.9. The standard InChI is InChI=1S/C22H22F3N3O4S/c1-4-5-9-21(2,3)19(31)32-18-14(17(30)28-20-26-10-11-33-20)16(29)12-7-6-8-13(15(12)27-18)22(23,24)25/h6-8,10-11H,4-5,9H2,1-3H3,(H,27,29)(H,26,28,30). The minimum absolute atomic E-state index is 0.170. The van der Waals surface area contributed by atoms with Gasteiger partial charge in [0.15, 0.2) is 5.13 Å². The molecule has 1 amide bonds. The van der Waals surface area contributed by atoms with Crippen molar-refractivity contribution in [2.75, 3.05) is 5.32 Å². The number of thiazole rings is 1. The van der Waals surface area contributed by atoms with E-state index >= 15 is 0 Å². The third-order valence-electron chi connectivity index (χ3n) is 5.09. The Morgan fingerprint density at radius 1 is 1.24 bits per heavy atom. The van der Waals surface area contributed by atoms with Gasteiger partial charge in [-0.3, -0.25) is 19.7 Å². The molecule has 0 saturated heterocycles. The third-order valence-corrected chi connectivity index (χ3v) is 5.78. The van der Waals surface area contributed by atoms with Crippen LogP contribution in [-0.4, -0.2) is 21.8 Å². The lowest BCUT2D eigenvalue weighted by Crippen LogP contribution is -2.32. The fourth-order valence-electron chi connectivity index (χ4n) is 3.21. The number of ether oxygens (including phenoxy) is 1. The van der Waals surface area contributed by atoms with Crippen molar-refractivity contribution in [2.24, 2.45) is 5.41 Å². The number of nitrogens with one attached hydrogen (secondary N) is 2.